The molecule has 0 bridgehead atoms. The normalized spacial score (nSPS) is 12.8. The lowest BCUT2D eigenvalue weighted by Crippen LogP contribution is -2.00. The van der Waals surface area contributed by atoms with Crippen molar-refractivity contribution in [2.45, 2.75) is 19.3 Å². The van der Waals surface area contributed by atoms with Crippen molar-refractivity contribution in [2.24, 2.45) is 0 Å². The van der Waals surface area contributed by atoms with Crippen molar-refractivity contribution < 1.29 is 9.13 Å². The quantitative estimate of drug-likeness (QED) is 0.840. The number of nitrogens with two attached hydrogens (primary N) is 1. The van der Waals surface area contributed by atoms with Crippen LogP contribution in [-0.2, 0) is 12.8 Å². The minimum atomic E-state index is -0.487. The highest BCUT2D eigenvalue weighted by molar-refractivity contribution is 9.10. The Hall–Kier alpha value is -2.13. The summed E-state index contributed by atoms with van der Waals surface area (Å²) in [5.41, 5.74) is 8.42. The van der Waals surface area contributed by atoms with E-state index in [1.54, 1.807) is 6.07 Å². The van der Waals surface area contributed by atoms with E-state index in [1.165, 1.54) is 12.1 Å². The Morgan fingerprint density at radius 1 is 1.33 bits per heavy atom. The van der Waals surface area contributed by atoms with Gasteiger partial charge in [0.05, 0.1) is 10.2 Å². The molecule has 0 atom stereocenters. The SMILES string of the molecule is N#Cc1cc2c(nc1Oc1cc(F)c(Br)cc1N)CCC2. The van der Waals surface area contributed by atoms with E-state index in [4.69, 9.17) is 10.5 Å². The van der Waals surface area contributed by atoms with Gasteiger partial charge in [-0.05, 0) is 52.9 Å². The summed E-state index contributed by atoms with van der Waals surface area (Å²) in [7, 11) is 0. The highest BCUT2D eigenvalue weighted by Gasteiger charge is 2.18. The third kappa shape index (κ3) is 2.57. The lowest BCUT2D eigenvalue weighted by Gasteiger charge is -2.11. The highest BCUT2D eigenvalue weighted by atomic mass is 79.9. The van der Waals surface area contributed by atoms with Crippen molar-refractivity contribution in [1.82, 2.24) is 4.98 Å². The lowest BCUT2D eigenvalue weighted by molar-refractivity contribution is 0.456. The van der Waals surface area contributed by atoms with Crippen molar-refractivity contribution in [2.75, 3.05) is 5.73 Å². The molecule has 0 amide bonds. The Kier molecular flexibility index (Phi) is 3.52. The summed E-state index contributed by atoms with van der Waals surface area (Å²) >= 11 is 3.06. The van der Waals surface area contributed by atoms with Crippen LogP contribution in [-0.4, -0.2) is 4.98 Å². The summed E-state index contributed by atoms with van der Waals surface area (Å²) in [5.74, 6) is -0.164. The number of rotatable bonds is 2. The second kappa shape index (κ2) is 5.34. The van der Waals surface area contributed by atoms with Crippen LogP contribution < -0.4 is 10.5 Å². The number of hydrogen-bond donors (Lipinski definition) is 1. The Morgan fingerprint density at radius 3 is 2.90 bits per heavy atom. The molecule has 2 N–H and O–H groups in total. The smallest absolute Gasteiger partial charge is 0.237 e. The first-order chi connectivity index (χ1) is 10.1. The van der Waals surface area contributed by atoms with E-state index >= 15 is 0 Å². The zero-order valence-corrected chi connectivity index (χ0v) is 12.6. The van der Waals surface area contributed by atoms with E-state index in [0.29, 0.717) is 5.56 Å². The zero-order chi connectivity index (χ0) is 15.0. The van der Waals surface area contributed by atoms with Crippen LogP contribution in [0.4, 0.5) is 10.1 Å². The van der Waals surface area contributed by atoms with Gasteiger partial charge in [-0.3, -0.25) is 0 Å². The summed E-state index contributed by atoms with van der Waals surface area (Å²) < 4.78 is 19.4. The minimum Gasteiger partial charge on any atom is -0.435 e. The van der Waals surface area contributed by atoms with Crippen molar-refractivity contribution >= 4 is 21.6 Å². The van der Waals surface area contributed by atoms with Crippen LogP contribution >= 0.6 is 15.9 Å². The first-order valence-corrected chi connectivity index (χ1v) is 7.23. The van der Waals surface area contributed by atoms with Crippen molar-refractivity contribution in [3.8, 4) is 17.7 Å². The Morgan fingerprint density at radius 2 is 2.14 bits per heavy atom. The average Bonchev–Trinajstić information content (AvgIpc) is 2.91. The molecule has 0 radical (unpaired) electrons. The summed E-state index contributed by atoms with van der Waals surface area (Å²) in [6.07, 6.45) is 2.81. The predicted octanol–water partition coefficient (Wildman–Crippen LogP) is 3.72. The van der Waals surface area contributed by atoms with E-state index in [9.17, 15) is 9.65 Å². The molecule has 1 aromatic heterocycles. The molecule has 21 heavy (non-hydrogen) atoms. The molecule has 2 aromatic rings. The van der Waals surface area contributed by atoms with Gasteiger partial charge in [-0.25, -0.2) is 9.37 Å². The highest BCUT2D eigenvalue weighted by Crippen LogP contribution is 2.34. The van der Waals surface area contributed by atoms with Crippen LogP contribution in [0.3, 0.4) is 0 Å². The number of nitriles is 1. The van der Waals surface area contributed by atoms with E-state index in [-0.39, 0.29) is 21.8 Å². The lowest BCUT2D eigenvalue weighted by atomic mass is 10.1. The van der Waals surface area contributed by atoms with Crippen molar-refractivity contribution in [3.05, 3.63) is 45.3 Å². The number of hydrogen-bond acceptors (Lipinski definition) is 4. The minimum absolute atomic E-state index is 0.151. The van der Waals surface area contributed by atoms with E-state index in [2.05, 4.69) is 27.0 Å². The first-order valence-electron chi connectivity index (χ1n) is 6.43. The second-order valence-electron chi connectivity index (χ2n) is 4.82. The molecule has 4 nitrogen and oxygen atoms in total. The van der Waals surface area contributed by atoms with Crippen LogP contribution in [0.25, 0.3) is 0 Å². The predicted molar refractivity (Wildman–Crippen MR) is 79.6 cm³/mol. The average molecular weight is 348 g/mol. The van der Waals surface area contributed by atoms with Crippen LogP contribution in [0.15, 0.2) is 22.7 Å². The Balaban J connectivity index is 2.02. The maximum atomic E-state index is 13.6. The number of nitrogen functional groups attached to an aromatic ring is 1. The number of anilines is 1. The number of ether oxygens (including phenoxy) is 1. The van der Waals surface area contributed by atoms with Gasteiger partial charge in [-0.15, -0.1) is 0 Å². The van der Waals surface area contributed by atoms with Gasteiger partial charge in [0.15, 0.2) is 5.75 Å². The fourth-order valence-corrected chi connectivity index (χ4v) is 2.71. The molecule has 0 unspecified atom stereocenters. The molecule has 0 spiro atoms. The number of fused-ring (bicyclic) bond motifs is 1. The molecule has 106 valence electrons. The van der Waals surface area contributed by atoms with Gasteiger partial charge >= 0.3 is 0 Å². The summed E-state index contributed by atoms with van der Waals surface area (Å²) in [5, 5.41) is 9.21. The van der Waals surface area contributed by atoms with Gasteiger partial charge in [-0.1, -0.05) is 0 Å². The molecule has 1 aliphatic carbocycles. The Labute approximate surface area is 129 Å². The van der Waals surface area contributed by atoms with Gasteiger partial charge in [0.25, 0.3) is 0 Å². The van der Waals surface area contributed by atoms with Crippen LogP contribution in [0, 0.1) is 17.1 Å². The Bertz CT molecular complexity index is 770. The molecule has 0 aliphatic heterocycles. The maximum absolute atomic E-state index is 13.6. The van der Waals surface area contributed by atoms with Gasteiger partial charge < -0.3 is 10.5 Å². The van der Waals surface area contributed by atoms with Gasteiger partial charge in [0.2, 0.25) is 5.88 Å². The molecular weight excluding hydrogens is 337 g/mol. The third-order valence-electron chi connectivity index (χ3n) is 3.40. The van der Waals surface area contributed by atoms with E-state index in [1.807, 2.05) is 0 Å². The molecule has 0 saturated heterocycles. The summed E-state index contributed by atoms with van der Waals surface area (Å²) in [6, 6.07) is 6.44. The molecule has 0 saturated carbocycles. The maximum Gasteiger partial charge on any atom is 0.237 e. The van der Waals surface area contributed by atoms with Crippen molar-refractivity contribution in [1.29, 1.82) is 5.26 Å². The zero-order valence-electron chi connectivity index (χ0n) is 11.0. The number of aryl methyl sites for hydroxylation is 2. The number of pyridine rings is 1. The third-order valence-corrected chi connectivity index (χ3v) is 4.00. The topological polar surface area (TPSA) is 71.9 Å². The van der Waals surface area contributed by atoms with Gasteiger partial charge in [-0.2, -0.15) is 5.26 Å². The standard InChI is InChI=1S/C15H11BrFN3O/c16-10-5-12(19)14(6-11(10)17)21-15-9(7-18)4-8-2-1-3-13(8)20-15/h4-6H,1-3,19H2. The number of aromatic nitrogens is 1. The van der Waals surface area contributed by atoms with Gasteiger partial charge in [0, 0.05) is 11.8 Å². The fourth-order valence-electron chi connectivity index (χ4n) is 2.35. The molecule has 0 fully saturated rings. The molecule has 3 rings (SSSR count). The molecule has 1 aliphatic rings. The number of benzene rings is 1. The second-order valence-corrected chi connectivity index (χ2v) is 5.67. The molecule has 1 aromatic carbocycles. The van der Waals surface area contributed by atoms with Crippen LogP contribution in [0.1, 0.15) is 23.2 Å². The molecule has 6 heteroatoms. The van der Waals surface area contributed by atoms with Crippen LogP contribution in [0.2, 0.25) is 0 Å². The summed E-state index contributed by atoms with van der Waals surface area (Å²) in [6.45, 7) is 0. The fraction of sp³-hybridized carbons (Fsp3) is 0.200. The van der Waals surface area contributed by atoms with Gasteiger partial charge in [0.1, 0.15) is 17.4 Å². The monoisotopic (exact) mass is 347 g/mol. The molecular formula is C15H11BrFN3O. The number of nitrogens with zero attached hydrogens (tertiary/aromatic N) is 2. The number of halogens is 2. The first kappa shape index (κ1) is 13.8. The van der Waals surface area contributed by atoms with E-state index in [0.717, 1.165) is 30.5 Å². The van der Waals surface area contributed by atoms with E-state index < -0.39 is 5.82 Å². The van der Waals surface area contributed by atoms with Crippen LogP contribution in [0.5, 0.6) is 11.6 Å². The molecule has 1 heterocycles. The van der Waals surface area contributed by atoms with Crippen molar-refractivity contribution in [3.63, 3.8) is 0 Å². The largest absolute Gasteiger partial charge is 0.435 e. The summed E-state index contributed by atoms with van der Waals surface area (Å²) in [4.78, 5) is 4.38.